The SMILES string of the molecule is CCCC(=O)O[C@@H]1[C@H](O)[C@H]2C(C)(C)CCC[C@]2(C)[C@H]2CC[C@H]3C(=O)O[C@H]4O[C@@H](O)C12[C@H]43. The molecular formula is C24H36O7. The Labute approximate surface area is 183 Å². The summed E-state index contributed by atoms with van der Waals surface area (Å²) in [6.45, 7) is 8.53. The van der Waals surface area contributed by atoms with Gasteiger partial charge in [-0.1, -0.05) is 34.1 Å². The Morgan fingerprint density at radius 2 is 1.94 bits per heavy atom. The highest BCUT2D eigenvalue weighted by molar-refractivity contribution is 5.76. The van der Waals surface area contributed by atoms with E-state index >= 15 is 0 Å². The standard InChI is InChI=1S/C24H36O7/c1-5-7-14(25)29-18-16(26)17-22(2,3)10-6-11-23(17,4)13-9-8-12-15-20(30-19(12)27)31-21(28)24(13,15)18/h12-13,15-18,20-21,26,28H,5-11H2,1-4H3/t12-,13-,15+,16-,17+,18-,20+,21-,23-,24?/m1/s1. The molecule has 0 aromatic heterocycles. The van der Waals surface area contributed by atoms with Crippen molar-refractivity contribution in [3.63, 3.8) is 0 Å². The number of carbonyl (C=O) groups excluding carboxylic acids is 2. The van der Waals surface area contributed by atoms with Crippen molar-refractivity contribution >= 4 is 11.9 Å². The van der Waals surface area contributed by atoms with Gasteiger partial charge in [0.1, 0.15) is 6.10 Å². The van der Waals surface area contributed by atoms with Gasteiger partial charge in [0.25, 0.3) is 0 Å². The molecule has 10 atom stereocenters. The lowest BCUT2D eigenvalue weighted by Crippen LogP contribution is -2.73. The third kappa shape index (κ3) is 2.63. The largest absolute Gasteiger partial charge is 0.459 e. The van der Waals surface area contributed by atoms with E-state index in [9.17, 15) is 19.8 Å². The molecule has 5 rings (SSSR count). The van der Waals surface area contributed by atoms with E-state index in [0.29, 0.717) is 12.8 Å². The Kier molecular flexibility index (Phi) is 4.83. The van der Waals surface area contributed by atoms with Gasteiger partial charge < -0.3 is 24.4 Å². The van der Waals surface area contributed by atoms with Crippen LogP contribution in [0.15, 0.2) is 0 Å². The molecule has 2 N–H and O–H groups in total. The van der Waals surface area contributed by atoms with Gasteiger partial charge in [0.2, 0.25) is 6.29 Å². The Bertz CT molecular complexity index is 780. The van der Waals surface area contributed by atoms with Crippen molar-refractivity contribution < 1.29 is 34.0 Å². The zero-order chi connectivity index (χ0) is 22.3. The molecule has 7 nitrogen and oxygen atoms in total. The lowest BCUT2D eigenvalue weighted by Gasteiger charge is -2.68. The van der Waals surface area contributed by atoms with Gasteiger partial charge in [-0.25, -0.2) is 0 Å². The molecule has 3 aliphatic carbocycles. The monoisotopic (exact) mass is 436 g/mol. The molecule has 0 radical (unpaired) electrons. The first kappa shape index (κ1) is 21.7. The first-order valence-corrected chi connectivity index (χ1v) is 12.0. The number of rotatable bonds is 3. The molecule has 2 aliphatic heterocycles. The summed E-state index contributed by atoms with van der Waals surface area (Å²) in [5, 5.41) is 23.2. The third-order valence-corrected chi connectivity index (χ3v) is 9.64. The van der Waals surface area contributed by atoms with E-state index in [4.69, 9.17) is 14.2 Å². The molecule has 2 heterocycles. The molecule has 174 valence electrons. The van der Waals surface area contributed by atoms with Gasteiger partial charge in [-0.05, 0) is 54.8 Å². The lowest BCUT2D eigenvalue weighted by molar-refractivity contribution is -0.308. The van der Waals surface area contributed by atoms with E-state index in [-0.39, 0.29) is 41.0 Å². The molecule has 5 aliphatic rings. The lowest BCUT2D eigenvalue weighted by atomic mass is 9.37. The smallest absolute Gasteiger partial charge is 0.311 e. The topological polar surface area (TPSA) is 102 Å². The highest BCUT2D eigenvalue weighted by atomic mass is 16.8. The van der Waals surface area contributed by atoms with Gasteiger partial charge in [0.05, 0.1) is 17.4 Å². The van der Waals surface area contributed by atoms with Crippen molar-refractivity contribution in [2.24, 2.45) is 39.9 Å². The van der Waals surface area contributed by atoms with Crippen LogP contribution in [0.25, 0.3) is 0 Å². The summed E-state index contributed by atoms with van der Waals surface area (Å²) >= 11 is 0. The minimum atomic E-state index is -1.25. The number of aliphatic hydroxyl groups excluding tert-OH is 2. The van der Waals surface area contributed by atoms with E-state index in [1.807, 2.05) is 6.92 Å². The summed E-state index contributed by atoms with van der Waals surface area (Å²) in [6.07, 6.45) is 1.31. The van der Waals surface area contributed by atoms with Crippen LogP contribution in [0.2, 0.25) is 0 Å². The van der Waals surface area contributed by atoms with Crippen LogP contribution in [0, 0.1) is 39.9 Å². The third-order valence-electron chi connectivity index (χ3n) is 9.64. The number of hydrogen-bond acceptors (Lipinski definition) is 7. The summed E-state index contributed by atoms with van der Waals surface area (Å²) in [4.78, 5) is 25.3. The van der Waals surface area contributed by atoms with E-state index in [1.54, 1.807) is 0 Å². The fraction of sp³-hybridized carbons (Fsp3) is 0.917. The Balaban J connectivity index is 1.68. The number of carbonyl (C=O) groups is 2. The molecule has 7 heteroatoms. The number of aliphatic hydroxyl groups is 2. The van der Waals surface area contributed by atoms with Gasteiger partial charge >= 0.3 is 11.9 Å². The first-order valence-electron chi connectivity index (χ1n) is 12.0. The minimum Gasteiger partial charge on any atom is -0.459 e. The van der Waals surface area contributed by atoms with Crippen molar-refractivity contribution in [3.05, 3.63) is 0 Å². The van der Waals surface area contributed by atoms with E-state index < -0.39 is 42.0 Å². The molecule has 0 amide bonds. The van der Waals surface area contributed by atoms with E-state index in [0.717, 1.165) is 25.7 Å². The van der Waals surface area contributed by atoms with E-state index in [1.165, 1.54) is 0 Å². The zero-order valence-corrected chi connectivity index (χ0v) is 19.0. The van der Waals surface area contributed by atoms with Crippen molar-refractivity contribution in [1.82, 2.24) is 0 Å². The van der Waals surface area contributed by atoms with Crippen LogP contribution in [-0.4, -0.2) is 46.9 Å². The van der Waals surface area contributed by atoms with Gasteiger partial charge in [0, 0.05) is 12.3 Å². The average Bonchev–Trinajstić information content (AvgIpc) is 3.14. The van der Waals surface area contributed by atoms with Gasteiger partial charge in [-0.3, -0.25) is 9.59 Å². The molecule has 2 saturated heterocycles. The molecule has 31 heavy (non-hydrogen) atoms. The minimum absolute atomic E-state index is 0.0387. The maximum Gasteiger partial charge on any atom is 0.311 e. The van der Waals surface area contributed by atoms with Crippen LogP contribution >= 0.6 is 0 Å². The van der Waals surface area contributed by atoms with Crippen LogP contribution in [0.4, 0.5) is 0 Å². The maximum atomic E-state index is 12.7. The summed E-state index contributed by atoms with van der Waals surface area (Å²) in [5.74, 6) is -1.60. The van der Waals surface area contributed by atoms with Crippen molar-refractivity contribution in [3.8, 4) is 0 Å². The molecule has 0 aromatic rings. The predicted octanol–water partition coefficient (Wildman–Crippen LogP) is 2.77. The van der Waals surface area contributed by atoms with Crippen molar-refractivity contribution in [1.29, 1.82) is 0 Å². The number of esters is 2. The summed E-state index contributed by atoms with van der Waals surface area (Å²) < 4.78 is 17.4. The molecule has 0 aromatic carbocycles. The van der Waals surface area contributed by atoms with Gasteiger partial charge in [0.15, 0.2) is 6.29 Å². The molecule has 1 spiro atoms. The average molecular weight is 437 g/mol. The highest BCUT2D eigenvalue weighted by Gasteiger charge is 2.80. The number of hydrogen-bond donors (Lipinski definition) is 2. The summed E-state index contributed by atoms with van der Waals surface area (Å²) in [6, 6.07) is 0. The first-order chi connectivity index (χ1) is 14.6. The quantitative estimate of drug-likeness (QED) is 0.656. The molecular weight excluding hydrogens is 400 g/mol. The van der Waals surface area contributed by atoms with Crippen LogP contribution in [0.1, 0.15) is 72.6 Å². The van der Waals surface area contributed by atoms with Crippen LogP contribution in [0.5, 0.6) is 0 Å². The number of fused-ring (bicyclic) bond motifs is 2. The molecule has 1 unspecified atom stereocenters. The number of ether oxygens (including phenoxy) is 3. The Morgan fingerprint density at radius 3 is 2.65 bits per heavy atom. The Hall–Kier alpha value is -1.18. The molecule has 3 saturated carbocycles. The second-order valence-corrected chi connectivity index (χ2v) is 11.5. The van der Waals surface area contributed by atoms with Crippen molar-refractivity contribution in [2.45, 2.75) is 97.4 Å². The zero-order valence-electron chi connectivity index (χ0n) is 19.0. The van der Waals surface area contributed by atoms with E-state index in [2.05, 4.69) is 20.8 Å². The normalized spacial score (nSPS) is 52.0. The molecule has 5 fully saturated rings. The van der Waals surface area contributed by atoms with Crippen LogP contribution in [0.3, 0.4) is 0 Å². The molecule has 0 bridgehead atoms. The van der Waals surface area contributed by atoms with Gasteiger partial charge in [-0.15, -0.1) is 0 Å². The highest BCUT2D eigenvalue weighted by Crippen LogP contribution is 2.73. The fourth-order valence-corrected chi connectivity index (χ4v) is 8.86. The second kappa shape index (κ2) is 6.91. The summed E-state index contributed by atoms with van der Waals surface area (Å²) in [5.41, 5.74) is -1.43. The van der Waals surface area contributed by atoms with Crippen LogP contribution in [-0.2, 0) is 23.8 Å². The summed E-state index contributed by atoms with van der Waals surface area (Å²) in [7, 11) is 0. The predicted molar refractivity (Wildman–Crippen MR) is 109 cm³/mol. The fourth-order valence-electron chi connectivity index (χ4n) is 8.86. The second-order valence-electron chi connectivity index (χ2n) is 11.5. The maximum absolute atomic E-state index is 12.7. The van der Waals surface area contributed by atoms with Gasteiger partial charge in [-0.2, -0.15) is 0 Å². The van der Waals surface area contributed by atoms with Crippen molar-refractivity contribution in [2.75, 3.05) is 0 Å². The Morgan fingerprint density at radius 1 is 1.19 bits per heavy atom. The van der Waals surface area contributed by atoms with Crippen LogP contribution < -0.4 is 0 Å².